The number of hydrogen-bond acceptors (Lipinski definition) is 5. The number of amides is 1. The van der Waals surface area contributed by atoms with E-state index in [1.54, 1.807) is 24.1 Å². The Balaban J connectivity index is 2.84. The molecule has 0 fully saturated rings. The van der Waals surface area contributed by atoms with E-state index in [1.807, 2.05) is 6.92 Å². The van der Waals surface area contributed by atoms with Crippen LogP contribution in [0.3, 0.4) is 0 Å². The van der Waals surface area contributed by atoms with Gasteiger partial charge in [0, 0.05) is 26.2 Å². The lowest BCUT2D eigenvalue weighted by Gasteiger charge is -2.26. The van der Waals surface area contributed by atoms with Crippen LogP contribution in [-0.4, -0.2) is 51.5 Å². The molecule has 1 atom stereocenters. The second kappa shape index (κ2) is 10.3. The van der Waals surface area contributed by atoms with Gasteiger partial charge in [0.05, 0.1) is 25.1 Å². The summed E-state index contributed by atoms with van der Waals surface area (Å²) in [6.07, 6.45) is 1.35. The molecule has 0 aliphatic heterocycles. The van der Waals surface area contributed by atoms with Gasteiger partial charge < -0.3 is 19.9 Å². The molecule has 1 unspecified atom stereocenters. The summed E-state index contributed by atoms with van der Waals surface area (Å²) in [7, 11) is 1.74. The number of carbonyl (C=O) groups is 2. The summed E-state index contributed by atoms with van der Waals surface area (Å²) in [5.41, 5.74) is 0.943. The van der Waals surface area contributed by atoms with Crippen LogP contribution in [0, 0.1) is 11.2 Å². The monoisotopic (exact) mass is 352 g/mol. The molecule has 1 amide bonds. The standard InChI is InChI=1S/C17H25FN4O3/c1-4-7-22(11-19)17-6-5-14(8-16(17)18)21(3)10-15(25-12-23)9-20-13(2)24/h5-6,8,11-12,15,19H,4,7,9-10H2,1-3H3,(H,20,24). The van der Waals surface area contributed by atoms with Gasteiger partial charge in [-0.3, -0.25) is 15.0 Å². The molecule has 0 saturated heterocycles. The number of nitrogens with zero attached hydrogens (tertiary/aromatic N) is 2. The van der Waals surface area contributed by atoms with Gasteiger partial charge in [-0.2, -0.15) is 0 Å². The summed E-state index contributed by atoms with van der Waals surface area (Å²) >= 11 is 0. The van der Waals surface area contributed by atoms with Crippen LogP contribution in [0.25, 0.3) is 0 Å². The molecule has 0 saturated carbocycles. The summed E-state index contributed by atoms with van der Waals surface area (Å²) in [5.74, 6) is -0.656. The second-order valence-electron chi connectivity index (χ2n) is 5.63. The zero-order chi connectivity index (χ0) is 18.8. The Hall–Kier alpha value is -2.64. The highest BCUT2D eigenvalue weighted by Crippen LogP contribution is 2.24. The number of anilines is 2. The third kappa shape index (κ3) is 6.40. The van der Waals surface area contributed by atoms with Gasteiger partial charge in [-0.1, -0.05) is 6.92 Å². The zero-order valence-electron chi connectivity index (χ0n) is 14.8. The molecule has 0 bridgehead atoms. The highest BCUT2D eigenvalue weighted by molar-refractivity contribution is 5.78. The number of likely N-dealkylation sites (N-methyl/N-ethyl adjacent to an activating group) is 1. The molecule has 7 nitrogen and oxygen atoms in total. The number of carbonyl (C=O) groups excluding carboxylic acids is 2. The largest absolute Gasteiger partial charge is 0.461 e. The van der Waals surface area contributed by atoms with Crippen LogP contribution in [0.2, 0.25) is 0 Å². The molecule has 8 heteroatoms. The van der Waals surface area contributed by atoms with Gasteiger partial charge in [0.15, 0.2) is 0 Å². The SMILES string of the molecule is CCCN(C=N)c1ccc(N(C)CC(CNC(C)=O)OC=O)cc1F. The van der Waals surface area contributed by atoms with E-state index in [2.05, 4.69) is 5.32 Å². The van der Waals surface area contributed by atoms with E-state index in [1.165, 1.54) is 17.9 Å². The lowest BCUT2D eigenvalue weighted by Crippen LogP contribution is -2.39. The summed E-state index contributed by atoms with van der Waals surface area (Å²) in [4.78, 5) is 24.9. The van der Waals surface area contributed by atoms with Crippen LogP contribution in [0.15, 0.2) is 18.2 Å². The van der Waals surface area contributed by atoms with Crippen molar-refractivity contribution in [2.45, 2.75) is 26.4 Å². The maximum Gasteiger partial charge on any atom is 0.293 e. The predicted molar refractivity (Wildman–Crippen MR) is 95.7 cm³/mol. The van der Waals surface area contributed by atoms with Gasteiger partial charge in [-0.25, -0.2) is 4.39 Å². The number of hydrogen-bond donors (Lipinski definition) is 2. The lowest BCUT2D eigenvalue weighted by molar-refractivity contribution is -0.134. The normalized spacial score (nSPS) is 11.4. The second-order valence-corrected chi connectivity index (χ2v) is 5.63. The van der Waals surface area contributed by atoms with Gasteiger partial charge in [0.1, 0.15) is 11.9 Å². The summed E-state index contributed by atoms with van der Waals surface area (Å²) < 4.78 is 19.4. The van der Waals surface area contributed by atoms with Crippen LogP contribution in [0.4, 0.5) is 15.8 Å². The average molecular weight is 352 g/mol. The third-order valence-electron chi connectivity index (χ3n) is 3.61. The Kier molecular flexibility index (Phi) is 8.38. The molecule has 0 aliphatic rings. The van der Waals surface area contributed by atoms with Crippen molar-refractivity contribution in [3.63, 3.8) is 0 Å². The Labute approximate surface area is 147 Å². The van der Waals surface area contributed by atoms with Crippen LogP contribution in [-0.2, 0) is 14.3 Å². The van der Waals surface area contributed by atoms with Crippen molar-refractivity contribution in [1.82, 2.24) is 5.32 Å². The highest BCUT2D eigenvalue weighted by Gasteiger charge is 2.16. The van der Waals surface area contributed by atoms with Gasteiger partial charge in [0.25, 0.3) is 6.47 Å². The number of ether oxygens (including phenoxy) is 1. The molecule has 1 rings (SSSR count). The van der Waals surface area contributed by atoms with Crippen molar-refractivity contribution >= 4 is 30.1 Å². The molecule has 0 radical (unpaired) electrons. The highest BCUT2D eigenvalue weighted by atomic mass is 19.1. The fourth-order valence-electron chi connectivity index (χ4n) is 2.36. The Morgan fingerprint density at radius 1 is 1.48 bits per heavy atom. The van der Waals surface area contributed by atoms with E-state index in [9.17, 15) is 14.0 Å². The van der Waals surface area contributed by atoms with Gasteiger partial charge in [0.2, 0.25) is 5.91 Å². The number of rotatable bonds is 11. The molecule has 0 heterocycles. The first kappa shape index (κ1) is 20.4. The fourth-order valence-corrected chi connectivity index (χ4v) is 2.36. The molecule has 25 heavy (non-hydrogen) atoms. The Morgan fingerprint density at radius 2 is 2.20 bits per heavy atom. The first-order chi connectivity index (χ1) is 11.9. The Bertz CT molecular complexity index is 597. The van der Waals surface area contributed by atoms with Crippen molar-refractivity contribution in [2.24, 2.45) is 0 Å². The predicted octanol–water partition coefficient (Wildman–Crippen LogP) is 1.76. The molecule has 1 aromatic rings. The van der Waals surface area contributed by atoms with Gasteiger partial charge >= 0.3 is 0 Å². The topological polar surface area (TPSA) is 85.7 Å². The fraction of sp³-hybridized carbons (Fsp3) is 0.471. The number of benzene rings is 1. The minimum atomic E-state index is -0.549. The van der Waals surface area contributed by atoms with Crippen LogP contribution >= 0.6 is 0 Å². The van der Waals surface area contributed by atoms with Crippen molar-refractivity contribution in [3.05, 3.63) is 24.0 Å². The summed E-state index contributed by atoms with van der Waals surface area (Å²) in [5, 5.41) is 9.98. The average Bonchev–Trinajstić information content (AvgIpc) is 2.58. The first-order valence-electron chi connectivity index (χ1n) is 8.04. The zero-order valence-corrected chi connectivity index (χ0v) is 14.8. The minimum absolute atomic E-state index is 0.178. The molecule has 1 aromatic carbocycles. The van der Waals surface area contributed by atoms with Gasteiger partial charge in [-0.15, -0.1) is 0 Å². The molecule has 2 N–H and O–H groups in total. The summed E-state index contributed by atoms with van der Waals surface area (Å²) in [6, 6.07) is 4.73. The number of nitrogens with one attached hydrogen (secondary N) is 2. The number of halogens is 1. The summed E-state index contributed by atoms with van der Waals surface area (Å²) in [6.45, 7) is 4.69. The molecule has 0 aliphatic carbocycles. The molecular formula is C17H25FN4O3. The van der Waals surface area contributed by atoms with E-state index in [4.69, 9.17) is 10.1 Å². The molecule has 0 aromatic heterocycles. The molecular weight excluding hydrogens is 327 g/mol. The maximum atomic E-state index is 14.4. The third-order valence-corrected chi connectivity index (χ3v) is 3.61. The van der Waals surface area contributed by atoms with Crippen molar-refractivity contribution in [3.8, 4) is 0 Å². The lowest BCUT2D eigenvalue weighted by atomic mass is 10.2. The quantitative estimate of drug-likeness (QED) is 0.360. The molecule has 0 spiro atoms. The van der Waals surface area contributed by atoms with Crippen molar-refractivity contribution in [2.75, 3.05) is 36.5 Å². The van der Waals surface area contributed by atoms with E-state index in [0.29, 0.717) is 30.9 Å². The van der Waals surface area contributed by atoms with Gasteiger partial charge in [-0.05, 0) is 24.6 Å². The van der Waals surface area contributed by atoms with Crippen LogP contribution < -0.4 is 15.1 Å². The van der Waals surface area contributed by atoms with Crippen LogP contribution in [0.5, 0.6) is 0 Å². The van der Waals surface area contributed by atoms with E-state index in [-0.39, 0.29) is 12.5 Å². The molecule has 138 valence electrons. The maximum absolute atomic E-state index is 14.4. The van der Waals surface area contributed by atoms with E-state index < -0.39 is 11.9 Å². The minimum Gasteiger partial charge on any atom is -0.461 e. The van der Waals surface area contributed by atoms with Crippen molar-refractivity contribution < 1.29 is 18.7 Å². The van der Waals surface area contributed by atoms with Crippen LogP contribution in [0.1, 0.15) is 20.3 Å². The van der Waals surface area contributed by atoms with E-state index >= 15 is 0 Å². The Morgan fingerprint density at radius 3 is 2.72 bits per heavy atom. The smallest absolute Gasteiger partial charge is 0.293 e. The van der Waals surface area contributed by atoms with Crippen molar-refractivity contribution in [1.29, 1.82) is 5.41 Å². The first-order valence-corrected chi connectivity index (χ1v) is 8.04. The van der Waals surface area contributed by atoms with E-state index in [0.717, 1.165) is 12.8 Å².